The van der Waals surface area contributed by atoms with Crippen molar-refractivity contribution < 1.29 is 14.3 Å². The van der Waals surface area contributed by atoms with Gasteiger partial charge in [-0.25, -0.2) is 4.98 Å². The Hall–Kier alpha value is -3.53. The van der Waals surface area contributed by atoms with Crippen LogP contribution in [0, 0.1) is 6.92 Å². The lowest BCUT2D eigenvalue weighted by molar-refractivity contribution is -0.125. The number of hydrogen-bond acceptors (Lipinski definition) is 6. The minimum absolute atomic E-state index is 0.0455. The minimum atomic E-state index is -0.199. The first kappa shape index (κ1) is 23.2. The Kier molecular flexibility index (Phi) is 6.63. The summed E-state index contributed by atoms with van der Waals surface area (Å²) in [6.07, 6.45) is 5.36. The largest absolute Gasteiger partial charge is 0.370 e. The lowest BCUT2D eigenvalue weighted by atomic mass is 10.1. The number of rotatable bonds is 6. The van der Waals surface area contributed by atoms with Crippen molar-refractivity contribution in [2.24, 2.45) is 0 Å². The summed E-state index contributed by atoms with van der Waals surface area (Å²) < 4.78 is 7.79. The number of imidazole rings is 1. The standard InChI is InChI=1S/C25H22ClN5O3S/c1-16-11-19(4-5-20(16)30-9-10-34-15-23(30)32)31-14-18(29-24(31)17-3-2-8-27-12-17)13-28-25(33)21-6-7-22(26)35-21/h2-8,11-12,14H,9-10,13,15H2,1H3,(H,28,33). The molecule has 0 aliphatic carbocycles. The fourth-order valence-corrected chi connectivity index (χ4v) is 4.93. The lowest BCUT2D eigenvalue weighted by Gasteiger charge is -2.28. The number of ether oxygens (including phenoxy) is 1. The van der Waals surface area contributed by atoms with Crippen molar-refractivity contribution in [1.29, 1.82) is 0 Å². The first-order valence-corrected chi connectivity index (χ1v) is 12.2. The molecular formula is C25H22ClN5O3S. The van der Waals surface area contributed by atoms with E-state index in [2.05, 4.69) is 10.3 Å². The van der Waals surface area contributed by atoms with E-state index in [0.29, 0.717) is 33.9 Å². The van der Waals surface area contributed by atoms with Crippen molar-refractivity contribution in [1.82, 2.24) is 19.9 Å². The van der Waals surface area contributed by atoms with Crippen molar-refractivity contribution in [3.05, 3.63) is 81.5 Å². The van der Waals surface area contributed by atoms with Gasteiger partial charge in [-0.3, -0.25) is 19.1 Å². The van der Waals surface area contributed by atoms with Crippen LogP contribution in [0.1, 0.15) is 20.9 Å². The van der Waals surface area contributed by atoms with Gasteiger partial charge in [0.15, 0.2) is 0 Å². The summed E-state index contributed by atoms with van der Waals surface area (Å²) in [5, 5.41) is 2.91. The number of halogens is 1. The molecule has 4 heterocycles. The maximum absolute atomic E-state index is 12.5. The number of hydrogen-bond donors (Lipinski definition) is 1. The van der Waals surface area contributed by atoms with Crippen LogP contribution in [0.2, 0.25) is 4.34 Å². The smallest absolute Gasteiger partial charge is 0.261 e. The molecule has 1 saturated heterocycles. The quantitative estimate of drug-likeness (QED) is 0.421. The molecule has 10 heteroatoms. The van der Waals surface area contributed by atoms with E-state index in [1.165, 1.54) is 11.3 Å². The van der Waals surface area contributed by atoms with Crippen molar-refractivity contribution in [2.75, 3.05) is 24.7 Å². The number of benzene rings is 1. The van der Waals surface area contributed by atoms with Crippen molar-refractivity contribution in [3.63, 3.8) is 0 Å². The summed E-state index contributed by atoms with van der Waals surface area (Å²) in [7, 11) is 0. The third-order valence-corrected chi connectivity index (χ3v) is 6.87. The van der Waals surface area contributed by atoms with Crippen molar-refractivity contribution in [3.8, 4) is 17.1 Å². The SMILES string of the molecule is Cc1cc(-n2cc(CNC(=O)c3ccc(Cl)s3)nc2-c2cccnc2)ccc1N1CCOCC1=O. The average molecular weight is 508 g/mol. The number of amides is 2. The van der Waals surface area contributed by atoms with Crippen LogP contribution in [-0.2, 0) is 16.1 Å². The molecule has 0 spiro atoms. The van der Waals surface area contributed by atoms with Crippen LogP contribution >= 0.6 is 22.9 Å². The third kappa shape index (κ3) is 4.97. The molecule has 5 rings (SSSR count). The van der Waals surface area contributed by atoms with Gasteiger partial charge >= 0.3 is 0 Å². The molecule has 0 radical (unpaired) electrons. The zero-order chi connectivity index (χ0) is 24.4. The topological polar surface area (TPSA) is 89.3 Å². The van der Waals surface area contributed by atoms with Crippen LogP contribution in [0.4, 0.5) is 5.69 Å². The van der Waals surface area contributed by atoms with Crippen LogP contribution < -0.4 is 10.2 Å². The summed E-state index contributed by atoms with van der Waals surface area (Å²) in [6.45, 7) is 3.39. The van der Waals surface area contributed by atoms with Gasteiger partial charge in [-0.05, 0) is 55.0 Å². The van der Waals surface area contributed by atoms with Crippen molar-refractivity contribution >= 4 is 40.4 Å². The molecule has 1 fully saturated rings. The first-order valence-electron chi connectivity index (χ1n) is 11.0. The number of pyridine rings is 1. The second kappa shape index (κ2) is 9.99. The van der Waals surface area contributed by atoms with Gasteiger partial charge in [0.05, 0.1) is 28.1 Å². The molecular weight excluding hydrogens is 486 g/mol. The van der Waals surface area contributed by atoms with E-state index in [-0.39, 0.29) is 25.0 Å². The third-order valence-electron chi connectivity index (χ3n) is 5.64. The van der Waals surface area contributed by atoms with Crippen LogP contribution in [0.3, 0.4) is 0 Å². The molecule has 0 atom stereocenters. The molecule has 1 aliphatic rings. The molecule has 0 unspecified atom stereocenters. The summed E-state index contributed by atoms with van der Waals surface area (Å²) >= 11 is 7.18. The van der Waals surface area contributed by atoms with Gasteiger partial charge in [0, 0.05) is 42.1 Å². The molecule has 35 heavy (non-hydrogen) atoms. The Morgan fingerprint density at radius 1 is 1.26 bits per heavy atom. The summed E-state index contributed by atoms with van der Waals surface area (Å²) in [6, 6.07) is 13.1. The normalized spacial score (nSPS) is 13.8. The number of carbonyl (C=O) groups is 2. The molecule has 3 aromatic heterocycles. The molecule has 1 aliphatic heterocycles. The fraction of sp³-hybridized carbons (Fsp3) is 0.200. The summed E-state index contributed by atoms with van der Waals surface area (Å²) in [5.41, 5.74) is 4.27. The Morgan fingerprint density at radius 3 is 2.86 bits per heavy atom. The van der Waals surface area contributed by atoms with E-state index in [1.807, 2.05) is 48.0 Å². The Balaban J connectivity index is 1.45. The molecule has 4 aromatic rings. The highest BCUT2D eigenvalue weighted by Crippen LogP contribution is 2.28. The lowest BCUT2D eigenvalue weighted by Crippen LogP contribution is -2.42. The van der Waals surface area contributed by atoms with Gasteiger partial charge in [-0.2, -0.15) is 0 Å². The number of aromatic nitrogens is 3. The Morgan fingerprint density at radius 2 is 2.14 bits per heavy atom. The number of aryl methyl sites for hydroxylation is 1. The fourth-order valence-electron chi connectivity index (χ4n) is 3.97. The maximum Gasteiger partial charge on any atom is 0.261 e. The zero-order valence-electron chi connectivity index (χ0n) is 18.9. The number of thiophene rings is 1. The van der Waals surface area contributed by atoms with Gasteiger partial charge < -0.3 is 15.0 Å². The van der Waals surface area contributed by atoms with Gasteiger partial charge in [-0.15, -0.1) is 11.3 Å². The second-order valence-electron chi connectivity index (χ2n) is 8.02. The maximum atomic E-state index is 12.5. The molecule has 8 nitrogen and oxygen atoms in total. The van der Waals surface area contributed by atoms with Crippen LogP contribution in [0.15, 0.2) is 61.1 Å². The molecule has 2 amide bonds. The van der Waals surface area contributed by atoms with E-state index in [4.69, 9.17) is 21.3 Å². The second-order valence-corrected chi connectivity index (χ2v) is 9.74. The van der Waals surface area contributed by atoms with Crippen LogP contribution in [-0.4, -0.2) is 46.1 Å². The van der Waals surface area contributed by atoms with E-state index < -0.39 is 0 Å². The average Bonchev–Trinajstić information content (AvgIpc) is 3.50. The summed E-state index contributed by atoms with van der Waals surface area (Å²) in [5.74, 6) is 0.460. The van der Waals surface area contributed by atoms with E-state index in [1.54, 1.807) is 29.4 Å². The summed E-state index contributed by atoms with van der Waals surface area (Å²) in [4.78, 5) is 36.1. The number of nitrogens with zero attached hydrogens (tertiary/aromatic N) is 4. The number of nitrogens with one attached hydrogen (secondary N) is 1. The number of anilines is 1. The predicted molar refractivity (Wildman–Crippen MR) is 135 cm³/mol. The number of morpholine rings is 1. The van der Waals surface area contributed by atoms with Crippen LogP contribution in [0.5, 0.6) is 0 Å². The molecule has 1 aromatic carbocycles. The van der Waals surface area contributed by atoms with E-state index in [9.17, 15) is 9.59 Å². The van der Waals surface area contributed by atoms with Crippen LogP contribution in [0.25, 0.3) is 17.1 Å². The molecule has 1 N–H and O–H groups in total. The first-order chi connectivity index (χ1) is 17.0. The molecule has 178 valence electrons. The highest BCUT2D eigenvalue weighted by atomic mass is 35.5. The van der Waals surface area contributed by atoms with E-state index in [0.717, 1.165) is 22.5 Å². The Bertz CT molecular complexity index is 1390. The molecule has 0 bridgehead atoms. The van der Waals surface area contributed by atoms with E-state index >= 15 is 0 Å². The minimum Gasteiger partial charge on any atom is -0.370 e. The highest BCUT2D eigenvalue weighted by Gasteiger charge is 2.22. The van der Waals surface area contributed by atoms with Gasteiger partial charge in [0.2, 0.25) is 0 Å². The highest BCUT2D eigenvalue weighted by molar-refractivity contribution is 7.18. The Labute approximate surface area is 211 Å². The van der Waals surface area contributed by atoms with Gasteiger partial charge in [0.25, 0.3) is 11.8 Å². The monoisotopic (exact) mass is 507 g/mol. The van der Waals surface area contributed by atoms with Crippen molar-refractivity contribution in [2.45, 2.75) is 13.5 Å². The number of carbonyl (C=O) groups excluding carboxylic acids is 2. The molecule has 0 saturated carbocycles. The predicted octanol–water partition coefficient (Wildman–Crippen LogP) is 4.25. The zero-order valence-corrected chi connectivity index (χ0v) is 20.5. The van der Waals surface area contributed by atoms with Gasteiger partial charge in [0.1, 0.15) is 12.4 Å². The van der Waals surface area contributed by atoms with Gasteiger partial charge in [-0.1, -0.05) is 11.6 Å².